The van der Waals surface area contributed by atoms with Crippen LogP contribution in [0, 0.1) is 0 Å². The average Bonchev–Trinajstić information content (AvgIpc) is 2.55. The van der Waals surface area contributed by atoms with Crippen LogP contribution in [0.1, 0.15) is 12.5 Å². The van der Waals surface area contributed by atoms with Crippen molar-refractivity contribution in [2.75, 3.05) is 24.7 Å². The Labute approximate surface area is 144 Å². The first-order valence-electron chi connectivity index (χ1n) is 7.69. The molecule has 4 nitrogen and oxygen atoms in total. The predicted molar refractivity (Wildman–Crippen MR) is 94.3 cm³/mol. The highest BCUT2D eigenvalue weighted by Crippen LogP contribution is 2.36. The first-order valence-corrected chi connectivity index (χ1v) is 8.49. The quantitative estimate of drug-likeness (QED) is 0.863. The standard InChI is InChI=1S/C18H20BrNO3/c1-13(21)11-20(15-5-3-2-4-6-15)12-14-9-17-18(10-16(14)19)23-8-7-22-17/h2-6,9-10,13,21H,7-8,11-12H2,1H3. The summed E-state index contributed by atoms with van der Waals surface area (Å²) < 4.78 is 12.3. The fraction of sp³-hybridized carbons (Fsp3) is 0.333. The van der Waals surface area contributed by atoms with E-state index in [-0.39, 0.29) is 0 Å². The minimum Gasteiger partial charge on any atom is -0.486 e. The fourth-order valence-electron chi connectivity index (χ4n) is 2.65. The highest BCUT2D eigenvalue weighted by Gasteiger charge is 2.17. The first kappa shape index (κ1) is 16.1. The van der Waals surface area contributed by atoms with Crippen molar-refractivity contribution in [2.24, 2.45) is 0 Å². The molecule has 0 aromatic heterocycles. The molecule has 0 saturated carbocycles. The number of nitrogens with zero attached hydrogens (tertiary/aromatic N) is 1. The lowest BCUT2D eigenvalue weighted by Crippen LogP contribution is -2.30. The van der Waals surface area contributed by atoms with Gasteiger partial charge in [-0.25, -0.2) is 0 Å². The molecule has 0 bridgehead atoms. The summed E-state index contributed by atoms with van der Waals surface area (Å²) in [5.41, 5.74) is 2.17. The Hall–Kier alpha value is -1.72. The van der Waals surface area contributed by atoms with Crippen molar-refractivity contribution >= 4 is 21.6 Å². The number of aliphatic hydroxyl groups excluding tert-OH is 1. The molecule has 3 rings (SSSR count). The van der Waals surface area contributed by atoms with Crippen LogP contribution in [0.3, 0.4) is 0 Å². The zero-order valence-electron chi connectivity index (χ0n) is 13.0. The van der Waals surface area contributed by atoms with Gasteiger partial charge in [-0.3, -0.25) is 0 Å². The van der Waals surface area contributed by atoms with Crippen LogP contribution in [0.25, 0.3) is 0 Å². The second kappa shape index (κ2) is 7.23. The highest BCUT2D eigenvalue weighted by molar-refractivity contribution is 9.10. The second-order valence-electron chi connectivity index (χ2n) is 5.65. The number of rotatable bonds is 5. The van der Waals surface area contributed by atoms with Crippen LogP contribution in [-0.4, -0.2) is 31.0 Å². The van der Waals surface area contributed by atoms with Crippen molar-refractivity contribution in [1.29, 1.82) is 0 Å². The Kier molecular flexibility index (Phi) is 5.08. The van der Waals surface area contributed by atoms with Crippen LogP contribution in [0.15, 0.2) is 46.9 Å². The number of hydrogen-bond donors (Lipinski definition) is 1. The van der Waals surface area contributed by atoms with Crippen molar-refractivity contribution in [3.8, 4) is 11.5 Å². The van der Waals surface area contributed by atoms with Gasteiger partial charge in [0.25, 0.3) is 0 Å². The summed E-state index contributed by atoms with van der Waals surface area (Å²) in [6, 6.07) is 14.1. The van der Waals surface area contributed by atoms with Gasteiger partial charge >= 0.3 is 0 Å². The smallest absolute Gasteiger partial charge is 0.162 e. The van der Waals surface area contributed by atoms with Crippen LogP contribution in [0.5, 0.6) is 11.5 Å². The van der Waals surface area contributed by atoms with Gasteiger partial charge in [0, 0.05) is 23.2 Å². The molecule has 1 aliphatic heterocycles. The zero-order chi connectivity index (χ0) is 16.2. The van der Waals surface area contributed by atoms with Gasteiger partial charge in [-0.05, 0) is 36.8 Å². The number of halogens is 1. The van der Waals surface area contributed by atoms with Gasteiger partial charge < -0.3 is 19.5 Å². The summed E-state index contributed by atoms with van der Waals surface area (Å²) in [6.07, 6.45) is -0.411. The Morgan fingerprint density at radius 1 is 1.13 bits per heavy atom. The summed E-state index contributed by atoms with van der Waals surface area (Å²) >= 11 is 3.62. The van der Waals surface area contributed by atoms with E-state index in [0.717, 1.165) is 27.2 Å². The maximum atomic E-state index is 9.83. The third kappa shape index (κ3) is 3.98. The van der Waals surface area contributed by atoms with Gasteiger partial charge in [0.1, 0.15) is 13.2 Å². The van der Waals surface area contributed by atoms with Gasteiger partial charge in [-0.1, -0.05) is 34.1 Å². The Bertz CT molecular complexity index is 661. The van der Waals surface area contributed by atoms with Crippen molar-refractivity contribution in [1.82, 2.24) is 0 Å². The van der Waals surface area contributed by atoms with E-state index in [4.69, 9.17) is 9.47 Å². The number of para-hydroxylation sites is 1. The molecule has 0 radical (unpaired) electrons. The summed E-state index contributed by atoms with van der Waals surface area (Å²) in [5.74, 6) is 1.55. The van der Waals surface area contributed by atoms with Gasteiger partial charge in [0.2, 0.25) is 0 Å². The predicted octanol–water partition coefficient (Wildman–Crippen LogP) is 3.61. The fourth-order valence-corrected chi connectivity index (χ4v) is 3.10. The maximum Gasteiger partial charge on any atom is 0.162 e. The topological polar surface area (TPSA) is 41.9 Å². The van der Waals surface area contributed by atoms with Gasteiger partial charge in [0.15, 0.2) is 11.5 Å². The van der Waals surface area contributed by atoms with E-state index in [1.807, 2.05) is 42.5 Å². The van der Waals surface area contributed by atoms with Crippen molar-refractivity contribution in [2.45, 2.75) is 19.6 Å². The molecule has 1 N–H and O–H groups in total. The SMILES string of the molecule is CC(O)CN(Cc1cc2c(cc1Br)OCCO2)c1ccccc1. The molecule has 1 atom stereocenters. The number of fused-ring (bicyclic) bond motifs is 1. The zero-order valence-corrected chi connectivity index (χ0v) is 14.6. The lowest BCUT2D eigenvalue weighted by molar-refractivity contribution is 0.171. The van der Waals surface area contributed by atoms with E-state index >= 15 is 0 Å². The van der Waals surface area contributed by atoms with E-state index in [9.17, 15) is 5.11 Å². The molecule has 1 aliphatic rings. The lowest BCUT2D eigenvalue weighted by Gasteiger charge is -2.28. The van der Waals surface area contributed by atoms with Crippen LogP contribution in [0.4, 0.5) is 5.69 Å². The van der Waals surface area contributed by atoms with Gasteiger partial charge in [-0.15, -0.1) is 0 Å². The lowest BCUT2D eigenvalue weighted by atomic mass is 10.1. The molecule has 23 heavy (non-hydrogen) atoms. The average molecular weight is 378 g/mol. The number of ether oxygens (including phenoxy) is 2. The van der Waals surface area contributed by atoms with E-state index in [1.54, 1.807) is 6.92 Å². The second-order valence-corrected chi connectivity index (χ2v) is 6.51. The normalized spacial score (nSPS) is 14.4. The van der Waals surface area contributed by atoms with Gasteiger partial charge in [0.05, 0.1) is 6.10 Å². The summed E-state index contributed by atoms with van der Waals surface area (Å²) in [5, 5.41) is 9.83. The van der Waals surface area contributed by atoms with E-state index in [2.05, 4.69) is 20.8 Å². The molecular weight excluding hydrogens is 358 g/mol. The summed E-state index contributed by atoms with van der Waals surface area (Å²) in [6.45, 7) is 4.19. The Balaban J connectivity index is 1.87. The van der Waals surface area contributed by atoms with Crippen LogP contribution >= 0.6 is 15.9 Å². The summed E-state index contributed by atoms with van der Waals surface area (Å²) in [7, 11) is 0. The molecule has 2 aromatic rings. The summed E-state index contributed by atoms with van der Waals surface area (Å²) in [4.78, 5) is 2.15. The monoisotopic (exact) mass is 377 g/mol. The van der Waals surface area contributed by atoms with Crippen molar-refractivity contribution in [3.05, 3.63) is 52.5 Å². The van der Waals surface area contributed by atoms with Crippen LogP contribution in [-0.2, 0) is 6.54 Å². The molecule has 122 valence electrons. The third-order valence-electron chi connectivity index (χ3n) is 3.68. The molecule has 5 heteroatoms. The van der Waals surface area contributed by atoms with Crippen molar-refractivity contribution < 1.29 is 14.6 Å². The number of hydrogen-bond acceptors (Lipinski definition) is 4. The van der Waals surface area contributed by atoms with E-state index in [1.165, 1.54) is 0 Å². The minimum atomic E-state index is -0.411. The maximum absolute atomic E-state index is 9.83. The molecule has 0 spiro atoms. The third-order valence-corrected chi connectivity index (χ3v) is 4.42. The molecule has 2 aromatic carbocycles. The largest absolute Gasteiger partial charge is 0.486 e. The van der Waals surface area contributed by atoms with Gasteiger partial charge in [-0.2, -0.15) is 0 Å². The highest BCUT2D eigenvalue weighted by atomic mass is 79.9. The minimum absolute atomic E-state index is 0.411. The molecular formula is C18H20BrNO3. The van der Waals surface area contributed by atoms with E-state index in [0.29, 0.717) is 26.3 Å². The number of benzene rings is 2. The number of aliphatic hydroxyl groups is 1. The Morgan fingerprint density at radius 3 is 2.43 bits per heavy atom. The molecule has 0 amide bonds. The first-order chi connectivity index (χ1) is 11.1. The van der Waals surface area contributed by atoms with Crippen molar-refractivity contribution in [3.63, 3.8) is 0 Å². The molecule has 1 heterocycles. The molecule has 0 saturated heterocycles. The molecule has 0 aliphatic carbocycles. The molecule has 1 unspecified atom stereocenters. The van der Waals surface area contributed by atoms with Crippen LogP contribution < -0.4 is 14.4 Å². The van der Waals surface area contributed by atoms with Crippen LogP contribution in [0.2, 0.25) is 0 Å². The van der Waals surface area contributed by atoms with E-state index < -0.39 is 6.10 Å². The molecule has 0 fully saturated rings. The Morgan fingerprint density at radius 2 is 1.78 bits per heavy atom. The number of anilines is 1.